The zero-order valence-electron chi connectivity index (χ0n) is 19.3. The minimum absolute atomic E-state index is 0.000507. The van der Waals surface area contributed by atoms with E-state index in [0.717, 1.165) is 24.4 Å². The molecule has 1 aliphatic rings. The summed E-state index contributed by atoms with van der Waals surface area (Å²) in [5.74, 6) is 3.04. The maximum Gasteiger partial charge on any atom is 0.254 e. The summed E-state index contributed by atoms with van der Waals surface area (Å²) in [6, 6.07) is 9.35. The number of carbonyl (C=O) groups is 1. The van der Waals surface area contributed by atoms with Gasteiger partial charge in [-0.1, -0.05) is 25.1 Å². The van der Waals surface area contributed by atoms with Crippen molar-refractivity contribution in [3.05, 3.63) is 47.2 Å². The Morgan fingerprint density at radius 3 is 2.70 bits per heavy atom. The van der Waals surface area contributed by atoms with Crippen molar-refractivity contribution >= 4 is 17.2 Å². The van der Waals surface area contributed by atoms with Gasteiger partial charge in [0.05, 0.1) is 25.1 Å². The molecule has 1 saturated heterocycles. The molecule has 0 N–H and O–H groups in total. The van der Waals surface area contributed by atoms with Gasteiger partial charge in [-0.05, 0) is 42.0 Å². The number of benzene rings is 1. The van der Waals surface area contributed by atoms with E-state index in [9.17, 15) is 4.79 Å². The van der Waals surface area contributed by atoms with Crippen LogP contribution in [0.1, 0.15) is 36.5 Å². The van der Waals surface area contributed by atoms with Crippen LogP contribution in [-0.2, 0) is 6.54 Å². The zero-order chi connectivity index (χ0) is 23.2. The number of methoxy groups -OCH3 is 1. The Kier molecular flexibility index (Phi) is 7.61. The first-order valence-corrected chi connectivity index (χ1v) is 12.1. The van der Waals surface area contributed by atoms with Gasteiger partial charge in [0.15, 0.2) is 11.5 Å². The minimum Gasteiger partial charge on any atom is -0.493 e. The summed E-state index contributed by atoms with van der Waals surface area (Å²) >= 11 is 1.59. The summed E-state index contributed by atoms with van der Waals surface area (Å²) in [5.41, 5.74) is 0.606. The van der Waals surface area contributed by atoms with Crippen LogP contribution in [0.5, 0.6) is 11.5 Å². The summed E-state index contributed by atoms with van der Waals surface area (Å²) in [4.78, 5) is 22.6. The number of thiophene rings is 1. The zero-order valence-corrected chi connectivity index (χ0v) is 20.1. The molecule has 1 aliphatic heterocycles. The fourth-order valence-electron chi connectivity index (χ4n) is 3.63. The van der Waals surface area contributed by atoms with Gasteiger partial charge in [-0.25, -0.2) is 0 Å². The van der Waals surface area contributed by atoms with Gasteiger partial charge < -0.3 is 18.9 Å². The average Bonchev–Trinajstić information content (AvgIpc) is 3.51. The summed E-state index contributed by atoms with van der Waals surface area (Å²) in [5, 5.41) is 6.06. The molecule has 0 spiro atoms. The maximum atomic E-state index is 13.1. The van der Waals surface area contributed by atoms with E-state index in [2.05, 4.69) is 28.9 Å². The number of piperazine rings is 1. The number of ether oxygens (including phenoxy) is 2. The lowest BCUT2D eigenvalue weighted by molar-refractivity contribution is 0.0614. The van der Waals surface area contributed by atoms with Crippen molar-refractivity contribution in [2.75, 3.05) is 39.9 Å². The molecule has 1 amide bonds. The molecule has 9 heteroatoms. The van der Waals surface area contributed by atoms with E-state index in [4.69, 9.17) is 14.0 Å². The molecule has 3 aromatic rings. The van der Waals surface area contributed by atoms with Gasteiger partial charge in [0.1, 0.15) is 0 Å². The molecule has 176 valence electrons. The number of nitrogens with zero attached hydrogens (tertiary/aromatic N) is 4. The molecule has 4 rings (SSSR count). The van der Waals surface area contributed by atoms with Crippen LogP contribution < -0.4 is 9.47 Å². The Balaban J connectivity index is 1.30. The normalized spacial score (nSPS) is 14.6. The number of carbonyl (C=O) groups excluding carboxylic acids is 1. The molecule has 3 heterocycles. The van der Waals surface area contributed by atoms with Crippen molar-refractivity contribution < 1.29 is 18.8 Å². The van der Waals surface area contributed by atoms with Crippen LogP contribution in [0.15, 0.2) is 40.2 Å². The van der Waals surface area contributed by atoms with E-state index < -0.39 is 0 Å². The molecular weight excluding hydrogens is 440 g/mol. The monoisotopic (exact) mass is 470 g/mol. The molecular formula is C24H30N4O4S. The molecule has 0 unspecified atom stereocenters. The SMILES string of the molecule is COc1cc(C(=O)N2CCN(Cc3nc(-c4cccs4)no3)CC2)ccc1OCCC(C)C. The Morgan fingerprint density at radius 2 is 2.00 bits per heavy atom. The first-order chi connectivity index (χ1) is 16.0. The standard InChI is InChI=1S/C24H30N4O4S/c1-17(2)8-13-31-19-7-6-18(15-20(19)30-3)24(29)28-11-9-27(10-12-28)16-22-25-23(26-32-22)21-5-4-14-33-21/h4-7,14-15,17H,8-13,16H2,1-3H3. The third-order valence-corrected chi connectivity index (χ3v) is 6.46. The van der Waals surface area contributed by atoms with Gasteiger partial charge in [0, 0.05) is 31.7 Å². The highest BCUT2D eigenvalue weighted by Gasteiger charge is 2.24. The third-order valence-electron chi connectivity index (χ3n) is 5.59. The van der Waals surface area contributed by atoms with Gasteiger partial charge in [-0.15, -0.1) is 11.3 Å². The fourth-order valence-corrected chi connectivity index (χ4v) is 4.28. The average molecular weight is 471 g/mol. The second kappa shape index (κ2) is 10.8. The Bertz CT molecular complexity index is 1040. The largest absolute Gasteiger partial charge is 0.493 e. The van der Waals surface area contributed by atoms with Crippen molar-refractivity contribution in [3.63, 3.8) is 0 Å². The van der Waals surface area contributed by atoms with Crippen molar-refractivity contribution in [3.8, 4) is 22.2 Å². The van der Waals surface area contributed by atoms with Crippen molar-refractivity contribution in [1.82, 2.24) is 19.9 Å². The molecule has 0 radical (unpaired) electrons. The molecule has 8 nitrogen and oxygen atoms in total. The summed E-state index contributed by atoms with van der Waals surface area (Å²) in [7, 11) is 1.60. The number of amides is 1. The summed E-state index contributed by atoms with van der Waals surface area (Å²) < 4.78 is 16.7. The number of rotatable bonds is 9. The van der Waals surface area contributed by atoms with E-state index in [1.54, 1.807) is 24.5 Å². The lowest BCUT2D eigenvalue weighted by Gasteiger charge is -2.34. The van der Waals surface area contributed by atoms with E-state index in [1.165, 1.54) is 0 Å². The second-order valence-corrected chi connectivity index (χ2v) is 9.40. The maximum absolute atomic E-state index is 13.1. The van der Waals surface area contributed by atoms with Crippen LogP contribution in [0.2, 0.25) is 0 Å². The van der Waals surface area contributed by atoms with Crippen LogP contribution in [0, 0.1) is 5.92 Å². The number of hydrogen-bond donors (Lipinski definition) is 0. The molecule has 0 saturated carbocycles. The third kappa shape index (κ3) is 5.91. The lowest BCUT2D eigenvalue weighted by atomic mass is 10.1. The lowest BCUT2D eigenvalue weighted by Crippen LogP contribution is -2.48. The molecule has 0 bridgehead atoms. The highest BCUT2D eigenvalue weighted by Crippen LogP contribution is 2.29. The number of aromatic nitrogens is 2. The highest BCUT2D eigenvalue weighted by atomic mass is 32.1. The van der Waals surface area contributed by atoms with Crippen molar-refractivity contribution in [2.45, 2.75) is 26.8 Å². The predicted octanol–water partition coefficient (Wildman–Crippen LogP) is 4.19. The molecule has 1 fully saturated rings. The minimum atomic E-state index is -0.000507. The van der Waals surface area contributed by atoms with Crippen LogP contribution in [0.4, 0.5) is 0 Å². The molecule has 2 aromatic heterocycles. The Morgan fingerprint density at radius 1 is 1.18 bits per heavy atom. The number of hydrogen-bond acceptors (Lipinski definition) is 8. The molecule has 0 atom stereocenters. The van der Waals surface area contributed by atoms with Gasteiger partial charge in [-0.3, -0.25) is 9.69 Å². The first kappa shape index (κ1) is 23.3. The predicted molar refractivity (Wildman–Crippen MR) is 127 cm³/mol. The van der Waals surface area contributed by atoms with Crippen LogP contribution in [-0.4, -0.2) is 65.7 Å². The van der Waals surface area contributed by atoms with Gasteiger partial charge in [-0.2, -0.15) is 4.98 Å². The van der Waals surface area contributed by atoms with E-state index in [0.29, 0.717) is 60.9 Å². The first-order valence-electron chi connectivity index (χ1n) is 11.2. The molecule has 33 heavy (non-hydrogen) atoms. The quantitative estimate of drug-likeness (QED) is 0.464. The van der Waals surface area contributed by atoms with Crippen LogP contribution in [0.3, 0.4) is 0 Å². The molecule has 0 aliphatic carbocycles. The van der Waals surface area contributed by atoms with Crippen LogP contribution in [0.25, 0.3) is 10.7 Å². The van der Waals surface area contributed by atoms with Gasteiger partial charge in [0.2, 0.25) is 11.7 Å². The Hall–Kier alpha value is -2.91. The van der Waals surface area contributed by atoms with Crippen molar-refractivity contribution in [1.29, 1.82) is 0 Å². The van der Waals surface area contributed by atoms with E-state index >= 15 is 0 Å². The summed E-state index contributed by atoms with van der Waals surface area (Å²) in [6.07, 6.45) is 0.965. The van der Waals surface area contributed by atoms with Crippen LogP contribution >= 0.6 is 11.3 Å². The second-order valence-electron chi connectivity index (χ2n) is 8.45. The van der Waals surface area contributed by atoms with Gasteiger partial charge in [0.25, 0.3) is 5.91 Å². The Labute approximate surface area is 198 Å². The molecule has 1 aromatic carbocycles. The fraction of sp³-hybridized carbons (Fsp3) is 0.458. The van der Waals surface area contributed by atoms with E-state index in [-0.39, 0.29) is 5.91 Å². The highest BCUT2D eigenvalue weighted by molar-refractivity contribution is 7.13. The van der Waals surface area contributed by atoms with Crippen molar-refractivity contribution in [2.24, 2.45) is 5.92 Å². The van der Waals surface area contributed by atoms with E-state index in [1.807, 2.05) is 34.5 Å². The topological polar surface area (TPSA) is 80.9 Å². The summed E-state index contributed by atoms with van der Waals surface area (Å²) in [6.45, 7) is 8.29. The van der Waals surface area contributed by atoms with Gasteiger partial charge >= 0.3 is 0 Å². The smallest absolute Gasteiger partial charge is 0.254 e.